The zero-order valence-corrected chi connectivity index (χ0v) is 18.6. The van der Waals surface area contributed by atoms with Crippen molar-refractivity contribution < 1.29 is 14.4 Å². The van der Waals surface area contributed by atoms with Crippen LogP contribution < -0.4 is 5.32 Å². The van der Waals surface area contributed by atoms with Gasteiger partial charge in [-0.05, 0) is 49.7 Å². The number of carbonyl (C=O) groups excluding carboxylic acids is 3. The smallest absolute Gasteiger partial charge is 0.256 e. The zero-order valence-electron chi connectivity index (χ0n) is 17.8. The molecule has 0 spiro atoms. The molecule has 0 aliphatic heterocycles. The zero-order chi connectivity index (χ0) is 22.7. The highest BCUT2D eigenvalue weighted by Gasteiger charge is 2.20. The Morgan fingerprint density at radius 1 is 0.806 bits per heavy atom. The van der Waals surface area contributed by atoms with Crippen molar-refractivity contribution in [1.82, 2.24) is 4.90 Å². The number of amides is 2. The second kappa shape index (κ2) is 9.14. The largest absolute Gasteiger partial charge is 0.345 e. The highest BCUT2D eigenvalue weighted by Crippen LogP contribution is 2.24. The number of nitrogens with zero attached hydrogens (tertiary/aromatic N) is 1. The lowest BCUT2D eigenvalue weighted by atomic mass is 9.94. The summed E-state index contributed by atoms with van der Waals surface area (Å²) < 4.78 is 0. The summed E-state index contributed by atoms with van der Waals surface area (Å²) in [5, 5.41) is 3.07. The van der Waals surface area contributed by atoms with Crippen LogP contribution in [0.5, 0.6) is 0 Å². The van der Waals surface area contributed by atoms with Crippen LogP contribution in [0, 0.1) is 13.8 Å². The average molecular weight is 435 g/mol. The normalized spacial score (nSPS) is 10.5. The third-order valence-electron chi connectivity index (χ3n) is 4.91. The second-order valence-corrected chi connectivity index (χ2v) is 7.95. The lowest BCUT2D eigenvalue weighted by Gasteiger charge is -2.14. The van der Waals surface area contributed by atoms with Gasteiger partial charge in [-0.25, -0.2) is 0 Å². The van der Waals surface area contributed by atoms with E-state index in [4.69, 9.17) is 11.6 Å². The Morgan fingerprint density at radius 3 is 2.16 bits per heavy atom. The van der Waals surface area contributed by atoms with Gasteiger partial charge in [0.1, 0.15) is 0 Å². The first-order valence-electron chi connectivity index (χ1n) is 9.72. The van der Waals surface area contributed by atoms with Gasteiger partial charge in [-0.1, -0.05) is 47.5 Å². The fourth-order valence-electron chi connectivity index (χ4n) is 3.21. The van der Waals surface area contributed by atoms with Crippen molar-refractivity contribution in [2.75, 3.05) is 19.4 Å². The predicted molar refractivity (Wildman–Crippen MR) is 123 cm³/mol. The molecule has 0 aliphatic carbocycles. The van der Waals surface area contributed by atoms with E-state index in [-0.39, 0.29) is 22.8 Å². The van der Waals surface area contributed by atoms with Crippen molar-refractivity contribution >= 4 is 34.9 Å². The van der Waals surface area contributed by atoms with Gasteiger partial charge in [-0.3, -0.25) is 14.4 Å². The van der Waals surface area contributed by atoms with Crippen molar-refractivity contribution in [3.8, 4) is 0 Å². The number of nitrogens with one attached hydrogen (secondary N) is 1. The Kier molecular flexibility index (Phi) is 6.56. The number of rotatable bonds is 5. The van der Waals surface area contributed by atoms with Crippen molar-refractivity contribution in [3.63, 3.8) is 0 Å². The summed E-state index contributed by atoms with van der Waals surface area (Å²) in [6.45, 7) is 3.79. The number of benzene rings is 3. The monoisotopic (exact) mass is 434 g/mol. The first-order chi connectivity index (χ1) is 14.7. The number of hydrogen-bond donors (Lipinski definition) is 1. The van der Waals surface area contributed by atoms with E-state index in [1.807, 2.05) is 32.0 Å². The Balaban J connectivity index is 1.94. The van der Waals surface area contributed by atoms with Gasteiger partial charge < -0.3 is 10.2 Å². The molecule has 3 aromatic rings. The van der Waals surface area contributed by atoms with Crippen LogP contribution in [-0.2, 0) is 0 Å². The third-order valence-corrected chi connectivity index (χ3v) is 5.24. The first-order valence-corrected chi connectivity index (χ1v) is 10.1. The van der Waals surface area contributed by atoms with Gasteiger partial charge in [0, 0.05) is 30.9 Å². The Morgan fingerprint density at radius 2 is 1.48 bits per heavy atom. The van der Waals surface area contributed by atoms with E-state index in [0.717, 1.165) is 11.1 Å². The Labute approximate surface area is 186 Å². The molecule has 0 bridgehead atoms. The summed E-state index contributed by atoms with van der Waals surface area (Å²) in [6.07, 6.45) is 0. The van der Waals surface area contributed by atoms with E-state index in [2.05, 4.69) is 5.32 Å². The number of halogens is 1. The maximum absolute atomic E-state index is 13.2. The highest BCUT2D eigenvalue weighted by molar-refractivity contribution is 6.34. The van der Waals surface area contributed by atoms with Crippen molar-refractivity contribution in [2.24, 2.45) is 0 Å². The molecule has 0 saturated carbocycles. The van der Waals surface area contributed by atoms with Crippen LogP contribution >= 0.6 is 11.6 Å². The molecule has 0 heterocycles. The van der Waals surface area contributed by atoms with Crippen LogP contribution in [0.3, 0.4) is 0 Å². The molecule has 1 N–H and O–H groups in total. The van der Waals surface area contributed by atoms with Crippen LogP contribution in [0.4, 0.5) is 5.69 Å². The van der Waals surface area contributed by atoms with E-state index < -0.39 is 5.91 Å². The molecular weight excluding hydrogens is 412 g/mol. The van der Waals surface area contributed by atoms with Gasteiger partial charge in [0.05, 0.1) is 16.1 Å². The molecule has 0 saturated heterocycles. The molecule has 31 heavy (non-hydrogen) atoms. The fraction of sp³-hybridized carbons (Fsp3) is 0.160. The number of ketones is 1. The van der Waals surface area contributed by atoms with Crippen molar-refractivity contribution in [2.45, 2.75) is 13.8 Å². The maximum atomic E-state index is 13.2. The number of aryl methyl sites for hydroxylation is 2. The van der Waals surface area contributed by atoms with E-state index >= 15 is 0 Å². The van der Waals surface area contributed by atoms with Crippen LogP contribution in [0.1, 0.15) is 47.8 Å². The van der Waals surface area contributed by atoms with Gasteiger partial charge in [0.25, 0.3) is 11.8 Å². The van der Waals surface area contributed by atoms with Crippen molar-refractivity contribution in [1.29, 1.82) is 0 Å². The summed E-state index contributed by atoms with van der Waals surface area (Å²) in [7, 11) is 3.25. The Bertz CT molecular complexity index is 1190. The van der Waals surface area contributed by atoms with E-state index in [1.54, 1.807) is 50.5 Å². The highest BCUT2D eigenvalue weighted by atomic mass is 35.5. The molecule has 0 aliphatic rings. The van der Waals surface area contributed by atoms with Crippen molar-refractivity contribution in [3.05, 3.63) is 99.1 Å². The lowest BCUT2D eigenvalue weighted by Crippen LogP contribution is -2.22. The molecule has 3 aromatic carbocycles. The quantitative estimate of drug-likeness (QED) is 0.565. The molecule has 5 nitrogen and oxygen atoms in total. The minimum atomic E-state index is -0.445. The lowest BCUT2D eigenvalue weighted by molar-refractivity contribution is 0.0827. The molecule has 0 unspecified atom stereocenters. The van der Waals surface area contributed by atoms with Gasteiger partial charge >= 0.3 is 0 Å². The standard InChI is InChI=1S/C25H23ClN2O3/c1-15-9-10-16(2)20(13-15)23(29)18-7-5-6-8-19(18)24(30)27-17-11-12-22(26)21(14-17)25(31)28(3)4/h5-14H,1-4H3,(H,27,30). The van der Waals surface area contributed by atoms with Gasteiger partial charge in [0.15, 0.2) is 5.78 Å². The molecule has 0 fully saturated rings. The molecular formula is C25H23ClN2O3. The minimum absolute atomic E-state index is 0.216. The summed E-state index contributed by atoms with van der Waals surface area (Å²) >= 11 is 6.15. The molecule has 0 aromatic heterocycles. The number of carbonyl (C=O) groups is 3. The van der Waals surface area contributed by atoms with E-state index in [0.29, 0.717) is 21.8 Å². The summed E-state index contributed by atoms with van der Waals surface area (Å²) in [4.78, 5) is 40.0. The topological polar surface area (TPSA) is 66.5 Å². The summed E-state index contributed by atoms with van der Waals surface area (Å²) in [6, 6.07) is 17.0. The van der Waals surface area contributed by atoms with Crippen LogP contribution in [0.25, 0.3) is 0 Å². The molecule has 0 radical (unpaired) electrons. The second-order valence-electron chi connectivity index (χ2n) is 7.54. The maximum Gasteiger partial charge on any atom is 0.256 e. The Hall–Kier alpha value is -3.44. The molecule has 0 atom stereocenters. The summed E-state index contributed by atoms with van der Waals surface area (Å²) in [5.41, 5.74) is 3.63. The average Bonchev–Trinajstić information content (AvgIpc) is 2.75. The van der Waals surface area contributed by atoms with E-state index in [9.17, 15) is 14.4 Å². The first kappa shape index (κ1) is 22.2. The van der Waals surface area contributed by atoms with E-state index in [1.165, 1.54) is 11.0 Å². The molecule has 6 heteroatoms. The van der Waals surface area contributed by atoms with Gasteiger partial charge in [-0.15, -0.1) is 0 Å². The predicted octanol–water partition coefficient (Wildman–Crippen LogP) is 5.14. The van der Waals surface area contributed by atoms with Crippen LogP contribution in [0.2, 0.25) is 5.02 Å². The summed E-state index contributed by atoms with van der Waals surface area (Å²) in [5.74, 6) is -0.932. The minimum Gasteiger partial charge on any atom is -0.345 e. The number of hydrogen-bond acceptors (Lipinski definition) is 3. The van der Waals surface area contributed by atoms with Gasteiger partial charge in [-0.2, -0.15) is 0 Å². The molecule has 3 rings (SSSR count). The molecule has 158 valence electrons. The number of anilines is 1. The van der Waals surface area contributed by atoms with Crippen LogP contribution in [0.15, 0.2) is 60.7 Å². The van der Waals surface area contributed by atoms with Gasteiger partial charge in [0.2, 0.25) is 0 Å². The SMILES string of the molecule is Cc1ccc(C)c(C(=O)c2ccccc2C(=O)Nc2ccc(Cl)c(C(=O)N(C)C)c2)c1. The van der Waals surface area contributed by atoms with Crippen LogP contribution in [-0.4, -0.2) is 36.6 Å². The molecule has 2 amide bonds. The third kappa shape index (κ3) is 4.84. The fourth-order valence-corrected chi connectivity index (χ4v) is 3.41.